The van der Waals surface area contributed by atoms with Gasteiger partial charge in [0.1, 0.15) is 4.66 Å². The fourth-order valence-electron chi connectivity index (χ4n) is 1.68. The molecule has 15 heavy (non-hydrogen) atoms. The Labute approximate surface area is 98.0 Å². The number of halogens is 1. The molecular formula is C8H14BrNO4S. The molecule has 0 aromatic carbocycles. The van der Waals surface area contributed by atoms with Crippen molar-refractivity contribution >= 4 is 31.9 Å². The predicted octanol–water partition coefficient (Wildman–Crippen LogP) is 0.409. The molecule has 1 aliphatic heterocycles. The molecule has 0 aliphatic carbocycles. The van der Waals surface area contributed by atoms with E-state index in [-0.39, 0.29) is 29.0 Å². The first-order valence-electron chi connectivity index (χ1n) is 4.54. The topological polar surface area (TPSA) is 63.7 Å². The molecule has 0 bridgehead atoms. The van der Waals surface area contributed by atoms with Gasteiger partial charge in [0, 0.05) is 13.1 Å². The van der Waals surface area contributed by atoms with Crippen LogP contribution >= 0.6 is 15.9 Å². The fourth-order valence-corrected chi connectivity index (χ4v) is 3.53. The van der Waals surface area contributed by atoms with Crippen LogP contribution < -0.4 is 0 Å². The van der Waals surface area contributed by atoms with Crippen molar-refractivity contribution in [3.05, 3.63) is 0 Å². The molecule has 0 spiro atoms. The first kappa shape index (κ1) is 12.9. The van der Waals surface area contributed by atoms with Gasteiger partial charge in [0.25, 0.3) is 0 Å². The summed E-state index contributed by atoms with van der Waals surface area (Å²) < 4.78 is 28.9. The SMILES string of the molecule is COC(=O)C1CN(S(=O)(=O)CBr)CC1C. The highest BCUT2D eigenvalue weighted by Crippen LogP contribution is 2.26. The Balaban J connectivity index is 2.76. The van der Waals surface area contributed by atoms with Crippen LogP contribution in [0.5, 0.6) is 0 Å². The number of hydrogen-bond donors (Lipinski definition) is 0. The largest absolute Gasteiger partial charge is 0.469 e. The number of ether oxygens (including phenoxy) is 1. The van der Waals surface area contributed by atoms with Crippen molar-refractivity contribution in [2.75, 3.05) is 24.9 Å². The summed E-state index contributed by atoms with van der Waals surface area (Å²) in [6, 6.07) is 0. The zero-order valence-electron chi connectivity index (χ0n) is 8.64. The highest BCUT2D eigenvalue weighted by molar-refractivity contribution is 9.10. The molecule has 1 rings (SSSR count). The zero-order chi connectivity index (χ0) is 11.6. The normalized spacial score (nSPS) is 27.9. The van der Waals surface area contributed by atoms with Crippen LogP contribution in [0.15, 0.2) is 0 Å². The highest BCUT2D eigenvalue weighted by atomic mass is 79.9. The van der Waals surface area contributed by atoms with E-state index in [4.69, 9.17) is 0 Å². The van der Waals surface area contributed by atoms with E-state index in [1.54, 1.807) is 0 Å². The lowest BCUT2D eigenvalue weighted by molar-refractivity contribution is -0.145. The Morgan fingerprint density at radius 3 is 2.60 bits per heavy atom. The number of alkyl halides is 1. The third-order valence-electron chi connectivity index (χ3n) is 2.61. The third-order valence-corrected chi connectivity index (χ3v) is 5.71. The van der Waals surface area contributed by atoms with Gasteiger partial charge in [-0.2, -0.15) is 0 Å². The van der Waals surface area contributed by atoms with Gasteiger partial charge in [-0.25, -0.2) is 12.7 Å². The molecule has 2 unspecified atom stereocenters. The van der Waals surface area contributed by atoms with Crippen molar-refractivity contribution < 1.29 is 17.9 Å². The minimum absolute atomic E-state index is 0.00581. The van der Waals surface area contributed by atoms with Crippen molar-refractivity contribution in [1.29, 1.82) is 0 Å². The average Bonchev–Trinajstić information content (AvgIpc) is 2.60. The van der Waals surface area contributed by atoms with Gasteiger partial charge in [0.2, 0.25) is 10.0 Å². The summed E-state index contributed by atoms with van der Waals surface area (Å²) >= 11 is 2.93. The Kier molecular flexibility index (Phi) is 4.13. The second kappa shape index (κ2) is 4.80. The van der Waals surface area contributed by atoms with Crippen molar-refractivity contribution in [2.45, 2.75) is 6.92 Å². The van der Waals surface area contributed by atoms with E-state index in [1.165, 1.54) is 11.4 Å². The molecule has 0 aromatic rings. The van der Waals surface area contributed by atoms with Crippen molar-refractivity contribution in [2.24, 2.45) is 11.8 Å². The molecular weight excluding hydrogens is 286 g/mol. The lowest BCUT2D eigenvalue weighted by atomic mass is 9.99. The van der Waals surface area contributed by atoms with Crippen LogP contribution in [0.25, 0.3) is 0 Å². The number of methoxy groups -OCH3 is 1. The molecule has 5 nitrogen and oxygen atoms in total. The van der Waals surface area contributed by atoms with Gasteiger partial charge in [0.05, 0.1) is 13.0 Å². The minimum atomic E-state index is -3.26. The van der Waals surface area contributed by atoms with Gasteiger partial charge >= 0.3 is 5.97 Å². The summed E-state index contributed by atoms with van der Waals surface area (Å²) in [7, 11) is -1.95. The molecule has 0 saturated carbocycles. The van der Waals surface area contributed by atoms with Crippen LogP contribution in [0.3, 0.4) is 0 Å². The maximum absolute atomic E-state index is 11.5. The minimum Gasteiger partial charge on any atom is -0.469 e. The Hall–Kier alpha value is -0.140. The Bertz CT molecular complexity index is 343. The van der Waals surface area contributed by atoms with Crippen LogP contribution in [0.4, 0.5) is 0 Å². The lowest BCUT2D eigenvalue weighted by Crippen LogP contribution is -2.30. The monoisotopic (exact) mass is 299 g/mol. The van der Waals surface area contributed by atoms with Crippen molar-refractivity contribution in [3.8, 4) is 0 Å². The molecule has 1 aliphatic rings. The molecule has 2 atom stereocenters. The van der Waals surface area contributed by atoms with E-state index in [0.29, 0.717) is 6.54 Å². The Morgan fingerprint density at radius 2 is 2.13 bits per heavy atom. The maximum Gasteiger partial charge on any atom is 0.310 e. The number of rotatable bonds is 3. The molecule has 0 N–H and O–H groups in total. The molecule has 0 radical (unpaired) electrons. The van der Waals surface area contributed by atoms with Crippen LogP contribution in [0.2, 0.25) is 0 Å². The van der Waals surface area contributed by atoms with Gasteiger partial charge < -0.3 is 4.74 Å². The van der Waals surface area contributed by atoms with Crippen LogP contribution in [-0.2, 0) is 19.6 Å². The van der Waals surface area contributed by atoms with Gasteiger partial charge in [-0.15, -0.1) is 0 Å². The number of nitrogens with zero attached hydrogens (tertiary/aromatic N) is 1. The van der Waals surface area contributed by atoms with E-state index >= 15 is 0 Å². The first-order chi connectivity index (χ1) is 6.92. The van der Waals surface area contributed by atoms with E-state index < -0.39 is 10.0 Å². The van der Waals surface area contributed by atoms with Gasteiger partial charge in [-0.1, -0.05) is 22.9 Å². The fraction of sp³-hybridized carbons (Fsp3) is 0.875. The average molecular weight is 300 g/mol. The molecule has 1 fully saturated rings. The first-order valence-corrected chi connectivity index (χ1v) is 7.27. The molecule has 0 aromatic heterocycles. The van der Waals surface area contributed by atoms with Crippen LogP contribution in [0.1, 0.15) is 6.92 Å². The highest BCUT2D eigenvalue weighted by Gasteiger charge is 2.40. The van der Waals surface area contributed by atoms with Gasteiger partial charge in [0.15, 0.2) is 0 Å². The van der Waals surface area contributed by atoms with Gasteiger partial charge in [-0.3, -0.25) is 4.79 Å². The second-order valence-corrected chi connectivity index (χ2v) is 6.92. The van der Waals surface area contributed by atoms with E-state index in [2.05, 4.69) is 20.7 Å². The molecule has 1 saturated heterocycles. The maximum atomic E-state index is 11.5. The van der Waals surface area contributed by atoms with E-state index in [0.717, 1.165) is 0 Å². The van der Waals surface area contributed by atoms with Gasteiger partial charge in [-0.05, 0) is 5.92 Å². The van der Waals surface area contributed by atoms with Crippen molar-refractivity contribution in [1.82, 2.24) is 4.31 Å². The number of hydrogen-bond acceptors (Lipinski definition) is 4. The second-order valence-electron chi connectivity index (χ2n) is 3.64. The third kappa shape index (κ3) is 2.70. The smallest absolute Gasteiger partial charge is 0.310 e. The summed E-state index contributed by atoms with van der Waals surface area (Å²) in [6.07, 6.45) is 0. The van der Waals surface area contributed by atoms with E-state index in [9.17, 15) is 13.2 Å². The molecule has 0 amide bonds. The van der Waals surface area contributed by atoms with Crippen molar-refractivity contribution in [3.63, 3.8) is 0 Å². The van der Waals surface area contributed by atoms with E-state index in [1.807, 2.05) is 6.92 Å². The number of carbonyl (C=O) groups excluding carboxylic acids is 1. The predicted molar refractivity (Wildman–Crippen MR) is 59.0 cm³/mol. The molecule has 88 valence electrons. The Morgan fingerprint density at radius 1 is 1.53 bits per heavy atom. The number of carbonyl (C=O) groups is 1. The summed E-state index contributed by atoms with van der Waals surface area (Å²) in [5, 5.41) is 0. The molecule has 1 heterocycles. The standard InChI is InChI=1S/C8H14BrNO4S/c1-6-3-10(15(12,13)5-9)4-7(6)8(11)14-2/h6-7H,3-5H2,1-2H3. The zero-order valence-corrected chi connectivity index (χ0v) is 11.0. The number of esters is 1. The lowest BCUT2D eigenvalue weighted by Gasteiger charge is -2.13. The van der Waals surface area contributed by atoms with Crippen LogP contribution in [0, 0.1) is 11.8 Å². The summed E-state index contributed by atoms with van der Waals surface area (Å²) in [6.45, 7) is 2.46. The quantitative estimate of drug-likeness (QED) is 0.559. The molecule has 7 heteroatoms. The number of sulfonamides is 1. The van der Waals surface area contributed by atoms with Crippen LogP contribution in [-0.4, -0.2) is 43.6 Å². The summed E-state index contributed by atoms with van der Waals surface area (Å²) in [5.74, 6) is -0.676. The summed E-state index contributed by atoms with van der Waals surface area (Å²) in [4.78, 5) is 11.3. The summed E-state index contributed by atoms with van der Waals surface area (Å²) in [5.41, 5.74) is 0.